The molecule has 5 nitrogen and oxygen atoms in total. The van der Waals surface area contributed by atoms with Gasteiger partial charge in [0.1, 0.15) is 6.17 Å². The number of fused-ring (bicyclic) bond motifs is 1. The van der Waals surface area contributed by atoms with E-state index in [0.717, 1.165) is 50.1 Å². The molecule has 0 spiro atoms. The number of unbranched alkanes of at least 4 members (excludes halogenated alkanes) is 2. The Morgan fingerprint density at radius 3 is 2.12 bits per heavy atom. The van der Waals surface area contributed by atoms with Crippen LogP contribution in [0.2, 0.25) is 0 Å². The molecule has 1 aromatic heterocycles. The monoisotopic (exact) mass is 441 g/mol. The molecule has 0 radical (unpaired) electrons. The van der Waals surface area contributed by atoms with Crippen molar-refractivity contribution in [2.75, 3.05) is 32.7 Å². The van der Waals surface area contributed by atoms with Gasteiger partial charge in [-0.15, -0.1) is 0 Å². The number of oxazole rings is 1. The Balaban J connectivity index is 1.49. The third-order valence-electron chi connectivity index (χ3n) is 7.95. The summed E-state index contributed by atoms with van der Waals surface area (Å²) in [6.07, 6.45) is 13.2. The normalized spacial score (nSPS) is 20.8. The van der Waals surface area contributed by atoms with E-state index in [1.54, 1.807) is 0 Å². The number of likely N-dealkylation sites (tertiary alicyclic amines) is 2. The van der Waals surface area contributed by atoms with Crippen molar-refractivity contribution in [3.8, 4) is 0 Å². The van der Waals surface area contributed by atoms with Crippen LogP contribution < -0.4 is 5.76 Å². The van der Waals surface area contributed by atoms with Crippen LogP contribution in [0.3, 0.4) is 0 Å². The molecule has 1 atom stereocenters. The van der Waals surface area contributed by atoms with Crippen LogP contribution in [0.5, 0.6) is 0 Å². The molecule has 1 aromatic carbocycles. The van der Waals surface area contributed by atoms with Gasteiger partial charge in [0.15, 0.2) is 5.58 Å². The van der Waals surface area contributed by atoms with Gasteiger partial charge in [0.05, 0.1) is 5.52 Å². The second-order valence-corrected chi connectivity index (χ2v) is 10.2. The second-order valence-electron chi connectivity index (χ2n) is 10.2. The minimum Gasteiger partial charge on any atom is -0.408 e. The number of piperidine rings is 2. The van der Waals surface area contributed by atoms with Gasteiger partial charge in [0.25, 0.3) is 0 Å². The minimum atomic E-state index is -0.206. The SMILES string of the molecule is CCCCC1CCN(CC(N2CCC(CCCC)CC2)n2c(=O)oc3ccccc32)CC1. The summed E-state index contributed by atoms with van der Waals surface area (Å²) in [5.74, 6) is 1.53. The largest absolute Gasteiger partial charge is 0.421 e. The molecule has 2 fully saturated rings. The van der Waals surface area contributed by atoms with Crippen molar-refractivity contribution in [1.82, 2.24) is 14.4 Å². The summed E-state index contributed by atoms with van der Waals surface area (Å²) < 4.78 is 7.61. The van der Waals surface area contributed by atoms with Gasteiger partial charge in [-0.2, -0.15) is 0 Å². The summed E-state index contributed by atoms with van der Waals surface area (Å²) in [5, 5.41) is 0. The van der Waals surface area contributed by atoms with Gasteiger partial charge in [-0.1, -0.05) is 64.5 Å². The van der Waals surface area contributed by atoms with Crippen LogP contribution in [-0.2, 0) is 0 Å². The first kappa shape index (κ1) is 23.6. The predicted octanol–water partition coefficient (Wildman–Crippen LogP) is 5.90. The van der Waals surface area contributed by atoms with Gasteiger partial charge < -0.3 is 4.42 Å². The zero-order chi connectivity index (χ0) is 22.3. The zero-order valence-electron chi connectivity index (χ0n) is 20.3. The molecule has 5 heteroatoms. The Labute approximate surface area is 193 Å². The lowest BCUT2D eigenvalue weighted by molar-refractivity contribution is 0.0443. The molecule has 4 rings (SSSR count). The maximum absolute atomic E-state index is 13.0. The summed E-state index contributed by atoms with van der Waals surface area (Å²) in [6, 6.07) is 7.92. The lowest BCUT2D eigenvalue weighted by Gasteiger charge is -2.41. The summed E-state index contributed by atoms with van der Waals surface area (Å²) in [5.41, 5.74) is 1.65. The van der Waals surface area contributed by atoms with E-state index < -0.39 is 0 Å². The standard InChI is InChI=1S/C27H43N3O2/c1-3-5-9-22-13-17-28(18-14-22)21-26(29-19-15-23(16-20-29)10-6-4-2)30-24-11-7-8-12-25(24)32-27(30)31/h7-8,11-12,22-23,26H,3-6,9-10,13-21H2,1-2H3. The molecule has 0 N–H and O–H groups in total. The van der Waals surface area contributed by atoms with E-state index in [1.807, 2.05) is 28.8 Å². The topological polar surface area (TPSA) is 41.6 Å². The highest BCUT2D eigenvalue weighted by Crippen LogP contribution is 2.30. The van der Waals surface area contributed by atoms with Crippen LogP contribution in [0.15, 0.2) is 33.5 Å². The molecule has 0 saturated carbocycles. The lowest BCUT2D eigenvalue weighted by Crippen LogP contribution is -2.48. The van der Waals surface area contributed by atoms with Crippen LogP contribution in [0, 0.1) is 11.8 Å². The lowest BCUT2D eigenvalue weighted by atomic mass is 9.91. The summed E-state index contributed by atoms with van der Waals surface area (Å²) in [4.78, 5) is 18.2. The fraction of sp³-hybridized carbons (Fsp3) is 0.741. The molecule has 178 valence electrons. The van der Waals surface area contributed by atoms with Crippen LogP contribution in [0.25, 0.3) is 11.1 Å². The van der Waals surface area contributed by atoms with Crippen molar-refractivity contribution in [2.24, 2.45) is 11.8 Å². The van der Waals surface area contributed by atoms with Gasteiger partial charge in [-0.05, 0) is 62.7 Å². The van der Waals surface area contributed by atoms with Crippen molar-refractivity contribution >= 4 is 11.1 Å². The maximum Gasteiger partial charge on any atom is 0.421 e. The fourth-order valence-electron chi connectivity index (χ4n) is 5.84. The Kier molecular flexibility index (Phi) is 8.48. The van der Waals surface area contributed by atoms with E-state index in [4.69, 9.17) is 4.42 Å². The van der Waals surface area contributed by atoms with Crippen LogP contribution in [-0.4, -0.2) is 47.1 Å². The van der Waals surface area contributed by atoms with Gasteiger partial charge in [-0.3, -0.25) is 14.4 Å². The van der Waals surface area contributed by atoms with E-state index in [0.29, 0.717) is 5.58 Å². The number of aromatic nitrogens is 1. The molecule has 2 aliphatic rings. The molecule has 3 heterocycles. The first-order valence-corrected chi connectivity index (χ1v) is 13.3. The van der Waals surface area contributed by atoms with Crippen molar-refractivity contribution in [1.29, 1.82) is 0 Å². The predicted molar refractivity (Wildman–Crippen MR) is 132 cm³/mol. The quantitative estimate of drug-likeness (QED) is 0.460. The third kappa shape index (κ3) is 5.66. The van der Waals surface area contributed by atoms with Gasteiger partial charge in [0.2, 0.25) is 0 Å². The summed E-state index contributed by atoms with van der Waals surface area (Å²) in [6.45, 7) is 9.97. The molecule has 0 bridgehead atoms. The molecule has 0 amide bonds. The van der Waals surface area contributed by atoms with Crippen molar-refractivity contribution in [3.63, 3.8) is 0 Å². The minimum absolute atomic E-state index is 0.0606. The average molecular weight is 442 g/mol. The number of nitrogens with zero attached hydrogens (tertiary/aromatic N) is 3. The van der Waals surface area contributed by atoms with Gasteiger partial charge in [-0.25, -0.2) is 4.79 Å². The highest BCUT2D eigenvalue weighted by atomic mass is 16.4. The Morgan fingerprint density at radius 2 is 1.50 bits per heavy atom. The fourth-order valence-corrected chi connectivity index (χ4v) is 5.84. The molecular formula is C27H43N3O2. The van der Waals surface area contributed by atoms with Crippen molar-refractivity contribution in [3.05, 3.63) is 34.8 Å². The van der Waals surface area contributed by atoms with Crippen molar-refractivity contribution < 1.29 is 4.42 Å². The van der Waals surface area contributed by atoms with E-state index in [-0.39, 0.29) is 11.9 Å². The number of para-hydroxylation sites is 2. The molecule has 2 aliphatic heterocycles. The Morgan fingerprint density at radius 1 is 0.906 bits per heavy atom. The number of benzene rings is 1. The molecule has 2 aromatic rings. The van der Waals surface area contributed by atoms with Crippen LogP contribution >= 0.6 is 0 Å². The Bertz CT molecular complexity index is 872. The first-order valence-electron chi connectivity index (χ1n) is 13.3. The maximum atomic E-state index is 13.0. The summed E-state index contributed by atoms with van der Waals surface area (Å²) >= 11 is 0. The highest BCUT2D eigenvalue weighted by molar-refractivity contribution is 5.72. The van der Waals surface area contributed by atoms with Gasteiger partial charge >= 0.3 is 5.76 Å². The molecule has 0 aliphatic carbocycles. The third-order valence-corrected chi connectivity index (χ3v) is 7.95. The highest BCUT2D eigenvalue weighted by Gasteiger charge is 2.31. The molecular weight excluding hydrogens is 398 g/mol. The number of rotatable bonds is 10. The van der Waals surface area contributed by atoms with E-state index in [2.05, 4.69) is 23.6 Å². The number of hydrogen-bond acceptors (Lipinski definition) is 4. The van der Waals surface area contributed by atoms with E-state index in [1.165, 1.54) is 64.2 Å². The van der Waals surface area contributed by atoms with E-state index >= 15 is 0 Å². The van der Waals surface area contributed by atoms with E-state index in [9.17, 15) is 4.79 Å². The smallest absolute Gasteiger partial charge is 0.408 e. The van der Waals surface area contributed by atoms with Gasteiger partial charge in [0, 0.05) is 19.6 Å². The average Bonchev–Trinajstić information content (AvgIpc) is 3.16. The number of hydrogen-bond donors (Lipinski definition) is 0. The van der Waals surface area contributed by atoms with Crippen molar-refractivity contribution in [2.45, 2.75) is 84.2 Å². The zero-order valence-corrected chi connectivity index (χ0v) is 20.3. The first-order chi connectivity index (χ1) is 15.7. The second kappa shape index (κ2) is 11.5. The van der Waals surface area contributed by atoms with Crippen LogP contribution in [0.4, 0.5) is 0 Å². The summed E-state index contributed by atoms with van der Waals surface area (Å²) in [7, 11) is 0. The molecule has 1 unspecified atom stereocenters. The Hall–Kier alpha value is -1.59. The van der Waals surface area contributed by atoms with Crippen LogP contribution in [0.1, 0.15) is 84.2 Å². The molecule has 32 heavy (non-hydrogen) atoms. The molecule has 2 saturated heterocycles.